The number of nitrogens with two attached hydrogens (primary N) is 1. The number of aromatic nitrogens is 2. The van der Waals surface area contributed by atoms with Crippen LogP contribution in [0.15, 0.2) is 42.9 Å². The first-order valence-corrected chi connectivity index (χ1v) is 7.89. The third-order valence-corrected chi connectivity index (χ3v) is 4.13. The molecule has 1 atom stereocenters. The lowest BCUT2D eigenvalue weighted by Crippen LogP contribution is -2.26. The van der Waals surface area contributed by atoms with E-state index in [2.05, 4.69) is 32.3 Å². The summed E-state index contributed by atoms with van der Waals surface area (Å²) in [5.74, 6) is 0.565. The quantitative estimate of drug-likeness (QED) is 0.907. The van der Waals surface area contributed by atoms with Crippen molar-refractivity contribution in [3.63, 3.8) is 0 Å². The summed E-state index contributed by atoms with van der Waals surface area (Å²) in [4.78, 5) is 10.7. The molecule has 0 radical (unpaired) electrons. The van der Waals surface area contributed by atoms with Crippen LogP contribution in [-0.2, 0) is 6.54 Å². The van der Waals surface area contributed by atoms with Gasteiger partial charge in [-0.25, -0.2) is 4.98 Å². The van der Waals surface area contributed by atoms with Gasteiger partial charge in [0.25, 0.3) is 0 Å². The van der Waals surface area contributed by atoms with Gasteiger partial charge in [-0.3, -0.25) is 9.88 Å². The highest BCUT2D eigenvalue weighted by Crippen LogP contribution is 2.18. The molecule has 1 aliphatic rings. The van der Waals surface area contributed by atoms with Gasteiger partial charge in [-0.15, -0.1) is 0 Å². The molecule has 0 aromatic carbocycles. The summed E-state index contributed by atoms with van der Waals surface area (Å²) in [5.41, 5.74) is 8.02. The molecule has 2 aromatic heterocycles. The second-order valence-corrected chi connectivity index (χ2v) is 5.88. The summed E-state index contributed by atoms with van der Waals surface area (Å²) in [7, 11) is 0. The summed E-state index contributed by atoms with van der Waals surface area (Å²) in [6.45, 7) is 3.28. The van der Waals surface area contributed by atoms with Gasteiger partial charge in [0, 0.05) is 31.5 Å². The number of nitrogens with one attached hydrogen (secondary N) is 1. The average Bonchev–Trinajstić information content (AvgIpc) is 2.76. The minimum Gasteiger partial charge on any atom is -0.384 e. The lowest BCUT2D eigenvalue weighted by molar-refractivity contribution is 0.276. The molecule has 1 saturated heterocycles. The van der Waals surface area contributed by atoms with E-state index in [0.717, 1.165) is 31.7 Å². The van der Waals surface area contributed by atoms with E-state index in [9.17, 15) is 0 Å². The Bertz CT molecular complexity index is 569. The molecule has 1 fully saturated rings. The molecule has 3 N–H and O–H groups in total. The zero-order chi connectivity index (χ0) is 15.2. The number of hydrogen-bond acceptors (Lipinski definition) is 5. The van der Waals surface area contributed by atoms with E-state index in [4.69, 9.17) is 5.73 Å². The predicted molar refractivity (Wildman–Crippen MR) is 89.4 cm³/mol. The molecule has 0 aliphatic carbocycles. The van der Waals surface area contributed by atoms with Gasteiger partial charge in [-0.1, -0.05) is 0 Å². The molecule has 2 aromatic rings. The molecule has 22 heavy (non-hydrogen) atoms. The lowest BCUT2D eigenvalue weighted by atomic mass is 10.1. The van der Waals surface area contributed by atoms with E-state index >= 15 is 0 Å². The highest BCUT2D eigenvalue weighted by Gasteiger charge is 2.17. The second kappa shape index (κ2) is 7.22. The lowest BCUT2D eigenvalue weighted by Gasteiger charge is -2.20. The minimum absolute atomic E-state index is 0.507. The fourth-order valence-electron chi connectivity index (χ4n) is 2.93. The van der Waals surface area contributed by atoms with E-state index in [1.807, 2.05) is 30.7 Å². The Morgan fingerprint density at radius 3 is 2.77 bits per heavy atom. The van der Waals surface area contributed by atoms with Crippen LogP contribution < -0.4 is 11.1 Å². The molecule has 0 amide bonds. The number of rotatable bonds is 4. The van der Waals surface area contributed by atoms with Crippen molar-refractivity contribution in [3.8, 4) is 0 Å². The number of hydrogen-bond donors (Lipinski definition) is 2. The maximum atomic E-state index is 5.63. The first-order chi connectivity index (χ1) is 10.8. The number of pyridine rings is 2. The van der Waals surface area contributed by atoms with Gasteiger partial charge in [-0.05, 0) is 55.6 Å². The average molecular weight is 297 g/mol. The van der Waals surface area contributed by atoms with Crippen molar-refractivity contribution in [2.45, 2.75) is 31.8 Å². The van der Waals surface area contributed by atoms with E-state index in [1.54, 1.807) is 0 Å². The van der Waals surface area contributed by atoms with Crippen molar-refractivity contribution < 1.29 is 0 Å². The summed E-state index contributed by atoms with van der Waals surface area (Å²) in [5, 5.41) is 3.58. The van der Waals surface area contributed by atoms with Crippen LogP contribution in [0.2, 0.25) is 0 Å². The molecule has 5 heteroatoms. The maximum Gasteiger partial charge on any atom is 0.123 e. The highest BCUT2D eigenvalue weighted by molar-refractivity contribution is 5.45. The molecule has 3 heterocycles. The van der Waals surface area contributed by atoms with Gasteiger partial charge in [-0.2, -0.15) is 0 Å². The number of likely N-dealkylation sites (tertiary alicyclic amines) is 1. The Balaban J connectivity index is 1.52. The van der Waals surface area contributed by atoms with Gasteiger partial charge in [0.05, 0.1) is 11.9 Å². The van der Waals surface area contributed by atoms with Crippen molar-refractivity contribution in [3.05, 3.63) is 48.4 Å². The minimum atomic E-state index is 0.507. The standard InChI is InChI=1S/C17H23N5/c18-17-4-3-16(12-20-17)21-15-2-1-10-22(11-7-15)13-14-5-8-19-9-6-14/h3-6,8-9,12,15,21H,1-2,7,10-11,13H2,(H2,18,20). The SMILES string of the molecule is Nc1ccc(NC2CCCN(Cc3ccncc3)CC2)cn1. The smallest absolute Gasteiger partial charge is 0.123 e. The van der Waals surface area contributed by atoms with E-state index in [0.29, 0.717) is 11.9 Å². The maximum absolute atomic E-state index is 5.63. The number of nitrogen functional groups attached to an aromatic ring is 1. The van der Waals surface area contributed by atoms with Crippen LogP contribution >= 0.6 is 0 Å². The zero-order valence-corrected chi connectivity index (χ0v) is 12.8. The Morgan fingerprint density at radius 1 is 1.14 bits per heavy atom. The van der Waals surface area contributed by atoms with Gasteiger partial charge >= 0.3 is 0 Å². The fourth-order valence-corrected chi connectivity index (χ4v) is 2.93. The van der Waals surface area contributed by atoms with Crippen molar-refractivity contribution in [2.24, 2.45) is 0 Å². The van der Waals surface area contributed by atoms with Gasteiger partial charge < -0.3 is 11.1 Å². The molecule has 3 rings (SSSR count). The van der Waals surface area contributed by atoms with Crippen LogP contribution in [0, 0.1) is 0 Å². The monoisotopic (exact) mass is 297 g/mol. The van der Waals surface area contributed by atoms with Crippen LogP contribution in [0.4, 0.5) is 11.5 Å². The molecular weight excluding hydrogens is 274 g/mol. The summed E-state index contributed by atoms with van der Waals surface area (Å²) < 4.78 is 0. The van der Waals surface area contributed by atoms with Crippen molar-refractivity contribution in [1.82, 2.24) is 14.9 Å². The molecule has 116 valence electrons. The Kier molecular flexibility index (Phi) is 4.85. The first-order valence-electron chi connectivity index (χ1n) is 7.89. The van der Waals surface area contributed by atoms with Gasteiger partial charge in [0.15, 0.2) is 0 Å². The molecule has 1 unspecified atom stereocenters. The van der Waals surface area contributed by atoms with Crippen LogP contribution in [0.5, 0.6) is 0 Å². The van der Waals surface area contributed by atoms with Crippen LogP contribution in [0.3, 0.4) is 0 Å². The van der Waals surface area contributed by atoms with Crippen LogP contribution in [-0.4, -0.2) is 34.0 Å². The normalized spacial score (nSPS) is 19.5. The molecule has 0 saturated carbocycles. The zero-order valence-electron chi connectivity index (χ0n) is 12.8. The van der Waals surface area contributed by atoms with Crippen LogP contribution in [0.1, 0.15) is 24.8 Å². The van der Waals surface area contributed by atoms with E-state index < -0.39 is 0 Å². The van der Waals surface area contributed by atoms with E-state index in [1.165, 1.54) is 18.4 Å². The van der Waals surface area contributed by atoms with Crippen molar-refractivity contribution in [1.29, 1.82) is 0 Å². The van der Waals surface area contributed by atoms with Gasteiger partial charge in [0.2, 0.25) is 0 Å². The number of anilines is 2. The Labute approximate surface area is 131 Å². The summed E-state index contributed by atoms with van der Waals surface area (Å²) in [6, 6.07) is 8.55. The Hall–Kier alpha value is -2.14. The third kappa shape index (κ3) is 4.18. The molecular formula is C17H23N5. The number of nitrogens with zero attached hydrogens (tertiary/aromatic N) is 3. The molecule has 1 aliphatic heterocycles. The highest BCUT2D eigenvalue weighted by atomic mass is 15.1. The predicted octanol–water partition coefficient (Wildman–Crippen LogP) is 2.53. The topological polar surface area (TPSA) is 67.1 Å². The molecule has 0 spiro atoms. The molecule has 0 bridgehead atoms. The van der Waals surface area contributed by atoms with Crippen LogP contribution in [0.25, 0.3) is 0 Å². The summed E-state index contributed by atoms with van der Waals surface area (Å²) in [6.07, 6.45) is 9.10. The van der Waals surface area contributed by atoms with Gasteiger partial charge in [0.1, 0.15) is 5.82 Å². The fraction of sp³-hybridized carbons (Fsp3) is 0.412. The molecule has 5 nitrogen and oxygen atoms in total. The first kappa shape index (κ1) is 14.8. The summed E-state index contributed by atoms with van der Waals surface area (Å²) >= 11 is 0. The second-order valence-electron chi connectivity index (χ2n) is 5.88. The Morgan fingerprint density at radius 2 is 2.00 bits per heavy atom. The van der Waals surface area contributed by atoms with E-state index in [-0.39, 0.29) is 0 Å². The van der Waals surface area contributed by atoms with Crippen molar-refractivity contribution in [2.75, 3.05) is 24.1 Å². The largest absolute Gasteiger partial charge is 0.384 e. The third-order valence-electron chi connectivity index (χ3n) is 4.13. The van der Waals surface area contributed by atoms with Crippen molar-refractivity contribution >= 4 is 11.5 Å².